The highest BCUT2D eigenvalue weighted by molar-refractivity contribution is 5.64. The van der Waals surface area contributed by atoms with Gasteiger partial charge in [-0.15, -0.1) is 0 Å². The lowest BCUT2D eigenvalue weighted by molar-refractivity contribution is 1.32. The third-order valence-electron chi connectivity index (χ3n) is 3.36. The van der Waals surface area contributed by atoms with Crippen molar-refractivity contribution in [2.24, 2.45) is 0 Å². The summed E-state index contributed by atoms with van der Waals surface area (Å²) in [4.78, 5) is 0. The first-order valence-electron chi connectivity index (χ1n) is 7.10. The lowest BCUT2D eigenvalue weighted by Gasteiger charge is -2.00. The fourth-order valence-corrected chi connectivity index (χ4v) is 2.22. The van der Waals surface area contributed by atoms with E-state index in [2.05, 4.69) is 72.5 Å². The van der Waals surface area contributed by atoms with E-state index in [1.165, 1.54) is 16.7 Å². The molecular formula is C21H16. The van der Waals surface area contributed by atoms with Crippen LogP contribution in [0.5, 0.6) is 0 Å². The summed E-state index contributed by atoms with van der Waals surface area (Å²) < 4.78 is 0. The Kier molecular flexibility index (Phi) is 4.15. The Labute approximate surface area is 126 Å². The third-order valence-corrected chi connectivity index (χ3v) is 3.36. The molecule has 0 bridgehead atoms. The maximum Gasteiger partial charge on any atom is 0.0344 e. The highest BCUT2D eigenvalue weighted by Gasteiger charge is 1.95. The molecule has 0 spiro atoms. The second kappa shape index (κ2) is 6.59. The standard InChI is InChI=1S/C21H16/c1-3-8-18(9-4-1)10-7-11-19-14-16-21(17-15-19)20-12-5-2-6-13-20/h1-6,8-9,12-17H,10H2. The first kappa shape index (κ1) is 13.2. The topological polar surface area (TPSA) is 0 Å². The smallest absolute Gasteiger partial charge is 0.0344 e. The molecule has 0 heterocycles. The predicted octanol–water partition coefficient (Wildman–Crippen LogP) is 4.95. The van der Waals surface area contributed by atoms with Crippen LogP contribution < -0.4 is 0 Å². The van der Waals surface area contributed by atoms with E-state index >= 15 is 0 Å². The van der Waals surface area contributed by atoms with Crippen molar-refractivity contribution in [2.75, 3.05) is 0 Å². The monoisotopic (exact) mass is 268 g/mol. The Morgan fingerprint density at radius 1 is 0.571 bits per heavy atom. The quantitative estimate of drug-likeness (QED) is 0.577. The lowest BCUT2D eigenvalue weighted by atomic mass is 10.0. The molecule has 0 N–H and O–H groups in total. The van der Waals surface area contributed by atoms with Gasteiger partial charge in [-0.1, -0.05) is 84.6 Å². The highest BCUT2D eigenvalue weighted by atomic mass is 14.0. The van der Waals surface area contributed by atoms with Gasteiger partial charge in [0.05, 0.1) is 0 Å². The van der Waals surface area contributed by atoms with Crippen molar-refractivity contribution in [3.05, 3.63) is 96.1 Å². The minimum Gasteiger partial charge on any atom is -0.0931 e. The fourth-order valence-electron chi connectivity index (χ4n) is 2.22. The molecule has 0 saturated heterocycles. The Morgan fingerprint density at radius 2 is 1.14 bits per heavy atom. The Morgan fingerprint density at radius 3 is 1.81 bits per heavy atom. The Balaban J connectivity index is 1.71. The molecule has 0 aliphatic carbocycles. The zero-order valence-corrected chi connectivity index (χ0v) is 11.8. The normalized spacial score (nSPS) is 9.71. The number of rotatable bonds is 2. The molecule has 0 unspecified atom stereocenters. The first-order chi connectivity index (χ1) is 10.4. The van der Waals surface area contributed by atoms with Gasteiger partial charge in [-0.05, 0) is 28.8 Å². The molecule has 0 aliphatic rings. The summed E-state index contributed by atoms with van der Waals surface area (Å²) in [5.41, 5.74) is 4.78. The van der Waals surface area contributed by atoms with Crippen LogP contribution in [-0.2, 0) is 6.42 Å². The van der Waals surface area contributed by atoms with Crippen LogP contribution in [0.15, 0.2) is 84.9 Å². The van der Waals surface area contributed by atoms with Gasteiger partial charge in [0, 0.05) is 12.0 Å². The van der Waals surface area contributed by atoms with Crippen LogP contribution in [0.2, 0.25) is 0 Å². The van der Waals surface area contributed by atoms with Gasteiger partial charge in [-0.2, -0.15) is 0 Å². The van der Waals surface area contributed by atoms with Crippen LogP contribution in [0.25, 0.3) is 11.1 Å². The van der Waals surface area contributed by atoms with E-state index in [1.54, 1.807) is 0 Å². The number of hydrogen-bond donors (Lipinski definition) is 0. The van der Waals surface area contributed by atoms with E-state index in [9.17, 15) is 0 Å². The first-order valence-corrected chi connectivity index (χ1v) is 7.10. The van der Waals surface area contributed by atoms with Gasteiger partial charge in [0.1, 0.15) is 0 Å². The van der Waals surface area contributed by atoms with E-state index in [0.717, 1.165) is 12.0 Å². The number of hydrogen-bond acceptors (Lipinski definition) is 0. The summed E-state index contributed by atoms with van der Waals surface area (Å²) in [6.45, 7) is 0. The molecule has 0 amide bonds. The molecule has 0 saturated carbocycles. The second-order valence-electron chi connectivity index (χ2n) is 4.91. The molecule has 21 heavy (non-hydrogen) atoms. The molecule has 0 fully saturated rings. The molecule has 0 nitrogen and oxygen atoms in total. The van der Waals surface area contributed by atoms with Crippen LogP contribution >= 0.6 is 0 Å². The van der Waals surface area contributed by atoms with Crippen LogP contribution in [0.1, 0.15) is 11.1 Å². The van der Waals surface area contributed by atoms with Crippen LogP contribution in [0.3, 0.4) is 0 Å². The van der Waals surface area contributed by atoms with Gasteiger partial charge in [0.15, 0.2) is 0 Å². The predicted molar refractivity (Wildman–Crippen MR) is 88.9 cm³/mol. The minimum atomic E-state index is 0.793. The fraction of sp³-hybridized carbons (Fsp3) is 0.0476. The van der Waals surface area contributed by atoms with Crippen molar-refractivity contribution in [2.45, 2.75) is 6.42 Å². The Bertz CT molecular complexity index is 742. The Hall–Kier alpha value is -2.78. The average molecular weight is 268 g/mol. The SMILES string of the molecule is C(#Cc1ccc(-c2ccccc2)cc1)Cc1ccccc1. The van der Waals surface area contributed by atoms with Gasteiger partial charge in [-0.3, -0.25) is 0 Å². The van der Waals surface area contributed by atoms with Gasteiger partial charge in [0.2, 0.25) is 0 Å². The summed E-state index contributed by atoms with van der Waals surface area (Å²) in [5, 5.41) is 0. The summed E-state index contributed by atoms with van der Waals surface area (Å²) in [5.74, 6) is 6.45. The van der Waals surface area contributed by atoms with Gasteiger partial charge in [-0.25, -0.2) is 0 Å². The van der Waals surface area contributed by atoms with Gasteiger partial charge in [0.25, 0.3) is 0 Å². The molecule has 3 rings (SSSR count). The van der Waals surface area contributed by atoms with Crippen molar-refractivity contribution < 1.29 is 0 Å². The highest BCUT2D eigenvalue weighted by Crippen LogP contribution is 2.18. The van der Waals surface area contributed by atoms with E-state index in [4.69, 9.17) is 0 Å². The molecule has 3 aromatic rings. The van der Waals surface area contributed by atoms with Crippen molar-refractivity contribution in [3.8, 4) is 23.0 Å². The zero-order chi connectivity index (χ0) is 14.3. The summed E-state index contributed by atoms with van der Waals surface area (Å²) in [6, 6.07) is 29.1. The lowest BCUT2D eigenvalue weighted by Crippen LogP contribution is -1.81. The summed E-state index contributed by atoms with van der Waals surface area (Å²) in [7, 11) is 0. The molecule has 0 aromatic heterocycles. The van der Waals surface area contributed by atoms with Crippen molar-refractivity contribution in [1.82, 2.24) is 0 Å². The molecule has 0 atom stereocenters. The van der Waals surface area contributed by atoms with Crippen molar-refractivity contribution in [3.63, 3.8) is 0 Å². The van der Waals surface area contributed by atoms with Gasteiger partial charge >= 0.3 is 0 Å². The van der Waals surface area contributed by atoms with E-state index in [-0.39, 0.29) is 0 Å². The average Bonchev–Trinajstić information content (AvgIpc) is 2.57. The summed E-state index contributed by atoms with van der Waals surface area (Å²) in [6.07, 6.45) is 0.793. The van der Waals surface area contributed by atoms with Crippen molar-refractivity contribution >= 4 is 0 Å². The largest absolute Gasteiger partial charge is 0.0931 e. The molecule has 0 heteroatoms. The molecule has 0 aliphatic heterocycles. The molecular weight excluding hydrogens is 252 g/mol. The van der Waals surface area contributed by atoms with E-state index < -0.39 is 0 Å². The maximum atomic E-state index is 3.23. The van der Waals surface area contributed by atoms with E-state index in [0.29, 0.717) is 0 Å². The van der Waals surface area contributed by atoms with Crippen molar-refractivity contribution in [1.29, 1.82) is 0 Å². The van der Waals surface area contributed by atoms with Crippen LogP contribution in [-0.4, -0.2) is 0 Å². The van der Waals surface area contributed by atoms with Crippen LogP contribution in [0.4, 0.5) is 0 Å². The second-order valence-corrected chi connectivity index (χ2v) is 4.91. The molecule has 3 aromatic carbocycles. The van der Waals surface area contributed by atoms with Gasteiger partial charge < -0.3 is 0 Å². The third kappa shape index (κ3) is 3.61. The van der Waals surface area contributed by atoms with Crippen LogP contribution in [0, 0.1) is 11.8 Å². The van der Waals surface area contributed by atoms with E-state index in [1.807, 2.05) is 24.3 Å². The molecule has 0 radical (unpaired) electrons. The summed E-state index contributed by atoms with van der Waals surface area (Å²) >= 11 is 0. The maximum absolute atomic E-state index is 3.23. The number of benzene rings is 3. The molecule has 100 valence electrons. The zero-order valence-electron chi connectivity index (χ0n) is 11.8. The minimum absolute atomic E-state index is 0.793.